The number of carbonyl (C=O) groups excluding carboxylic acids is 3. The molecule has 6 rings (SSSR count). The number of rotatable bonds is 1. The average molecular weight is 414 g/mol. The second-order valence-corrected chi connectivity index (χ2v) is 10.9. The van der Waals surface area contributed by atoms with E-state index in [0.29, 0.717) is 19.3 Å². The normalized spacial score (nSPS) is 53.2. The highest BCUT2D eigenvalue weighted by atomic mass is 16.6. The molecule has 0 amide bonds. The Bertz CT molecular complexity index is 892. The van der Waals surface area contributed by atoms with Crippen molar-refractivity contribution in [2.24, 2.45) is 34.5 Å². The Kier molecular flexibility index (Phi) is 3.65. The molecule has 0 aromatic carbocycles. The Labute approximate surface area is 176 Å². The minimum absolute atomic E-state index is 0.0552. The third-order valence-corrected chi connectivity index (χ3v) is 10.1. The van der Waals surface area contributed by atoms with Crippen molar-refractivity contribution in [1.82, 2.24) is 0 Å². The second-order valence-electron chi connectivity index (χ2n) is 10.9. The summed E-state index contributed by atoms with van der Waals surface area (Å²) in [6.07, 6.45) is 6.91. The number of ether oxygens (including phenoxy) is 3. The molecule has 0 radical (unpaired) electrons. The minimum atomic E-state index is -0.459. The Morgan fingerprint density at radius 1 is 1.17 bits per heavy atom. The van der Waals surface area contributed by atoms with E-state index in [-0.39, 0.29) is 64.4 Å². The average Bonchev–Trinajstić information content (AvgIpc) is 3.35. The Hall–Kier alpha value is -1.69. The maximum Gasteiger partial charge on any atom is 0.309 e. The molecule has 6 heteroatoms. The van der Waals surface area contributed by atoms with Crippen molar-refractivity contribution in [3.63, 3.8) is 0 Å². The number of ketones is 1. The van der Waals surface area contributed by atoms with Crippen molar-refractivity contribution in [3.8, 4) is 0 Å². The van der Waals surface area contributed by atoms with Gasteiger partial charge in [-0.15, -0.1) is 0 Å². The molecule has 9 atom stereocenters. The first-order chi connectivity index (χ1) is 14.2. The topological polar surface area (TPSA) is 82.2 Å². The summed E-state index contributed by atoms with van der Waals surface area (Å²) in [6, 6.07) is 0. The van der Waals surface area contributed by atoms with Crippen LogP contribution in [-0.4, -0.2) is 42.6 Å². The smallest absolute Gasteiger partial charge is 0.309 e. The molecule has 162 valence electrons. The van der Waals surface area contributed by atoms with Crippen LogP contribution in [0.25, 0.3) is 0 Å². The Morgan fingerprint density at radius 2 is 1.97 bits per heavy atom. The van der Waals surface area contributed by atoms with Gasteiger partial charge in [-0.2, -0.15) is 0 Å². The van der Waals surface area contributed by atoms with E-state index in [1.54, 1.807) is 6.08 Å². The number of esters is 2. The molecule has 6 nitrogen and oxygen atoms in total. The molecule has 4 unspecified atom stereocenters. The van der Waals surface area contributed by atoms with Crippen molar-refractivity contribution in [2.45, 2.75) is 76.6 Å². The molecule has 2 heterocycles. The van der Waals surface area contributed by atoms with E-state index < -0.39 is 5.60 Å². The van der Waals surface area contributed by atoms with Crippen LogP contribution in [-0.2, 0) is 28.6 Å². The number of hydrogen-bond donors (Lipinski definition) is 0. The summed E-state index contributed by atoms with van der Waals surface area (Å²) in [7, 11) is 1.46. The SMILES string of the molecule is COC(=O)[C@@H]1CC2=CC(=O)CC[C@]2(C)C2C1C1CCC3(CCC(=O)O3)[C@@]1(C)[C@H]1O[C@@H]21. The maximum atomic E-state index is 13.0. The van der Waals surface area contributed by atoms with Gasteiger partial charge in [0.2, 0.25) is 0 Å². The van der Waals surface area contributed by atoms with Crippen LogP contribution in [0.15, 0.2) is 11.6 Å². The molecular weight excluding hydrogens is 384 g/mol. The largest absolute Gasteiger partial charge is 0.469 e. The fraction of sp³-hybridized carbons (Fsp3) is 0.792. The first-order valence-corrected chi connectivity index (χ1v) is 11.4. The standard InChI is InChI=1S/C24H30O6/c1-22-7-4-13(25)10-12(22)11-14(21(27)28-3)17-15-5-8-24(9-6-16(26)30-24)23(15,2)20-19(29-20)18(17)22/h10,14-15,17-20H,4-9,11H2,1-3H3/t14-,15?,17?,18?,19+,20+,22+,23-,24?/m1/s1. The van der Waals surface area contributed by atoms with Crippen molar-refractivity contribution in [1.29, 1.82) is 0 Å². The molecule has 0 aromatic heterocycles. The van der Waals surface area contributed by atoms with Gasteiger partial charge < -0.3 is 14.2 Å². The van der Waals surface area contributed by atoms with E-state index in [2.05, 4.69) is 13.8 Å². The lowest BCUT2D eigenvalue weighted by atomic mass is 9.44. The number of fused-ring (bicyclic) bond motifs is 9. The molecule has 0 aromatic rings. The highest BCUT2D eigenvalue weighted by Crippen LogP contribution is 2.75. The zero-order valence-electron chi connectivity index (χ0n) is 17.9. The minimum Gasteiger partial charge on any atom is -0.469 e. The number of epoxide rings is 1. The van der Waals surface area contributed by atoms with E-state index in [1.807, 2.05) is 0 Å². The van der Waals surface area contributed by atoms with Gasteiger partial charge in [0.1, 0.15) is 5.60 Å². The summed E-state index contributed by atoms with van der Waals surface area (Å²) < 4.78 is 17.7. The van der Waals surface area contributed by atoms with Crippen molar-refractivity contribution in [2.75, 3.05) is 7.11 Å². The highest BCUT2D eigenvalue weighted by Gasteiger charge is 2.79. The number of carbonyl (C=O) groups is 3. The molecule has 2 saturated heterocycles. The van der Waals surface area contributed by atoms with E-state index in [0.717, 1.165) is 31.3 Å². The third-order valence-electron chi connectivity index (χ3n) is 10.1. The molecule has 0 N–H and O–H groups in total. The van der Waals surface area contributed by atoms with Crippen LogP contribution >= 0.6 is 0 Å². The van der Waals surface area contributed by atoms with Gasteiger partial charge in [-0.25, -0.2) is 0 Å². The first-order valence-electron chi connectivity index (χ1n) is 11.4. The number of methoxy groups -OCH3 is 1. The fourth-order valence-corrected chi connectivity index (χ4v) is 8.62. The quantitative estimate of drug-likeness (QED) is 0.485. The monoisotopic (exact) mass is 414 g/mol. The van der Waals surface area contributed by atoms with Gasteiger partial charge in [-0.3, -0.25) is 14.4 Å². The van der Waals surface area contributed by atoms with Crippen molar-refractivity contribution >= 4 is 17.7 Å². The molecule has 1 spiro atoms. The summed E-state index contributed by atoms with van der Waals surface area (Å²) in [5, 5.41) is 0. The van der Waals surface area contributed by atoms with Crippen LogP contribution < -0.4 is 0 Å². The fourth-order valence-electron chi connectivity index (χ4n) is 8.62. The van der Waals surface area contributed by atoms with Crippen LogP contribution in [0.1, 0.15) is 58.8 Å². The number of allylic oxidation sites excluding steroid dienone is 1. The summed E-state index contributed by atoms with van der Waals surface area (Å²) >= 11 is 0. The van der Waals surface area contributed by atoms with Crippen molar-refractivity contribution in [3.05, 3.63) is 11.6 Å². The highest BCUT2D eigenvalue weighted by molar-refractivity contribution is 5.92. The van der Waals surface area contributed by atoms with Crippen LogP contribution in [0, 0.1) is 34.5 Å². The van der Waals surface area contributed by atoms with E-state index in [4.69, 9.17) is 14.2 Å². The van der Waals surface area contributed by atoms with Gasteiger partial charge in [0, 0.05) is 24.2 Å². The predicted octanol–water partition coefficient (Wildman–Crippen LogP) is 2.98. The van der Waals surface area contributed by atoms with Crippen LogP contribution in [0.3, 0.4) is 0 Å². The van der Waals surface area contributed by atoms with Gasteiger partial charge >= 0.3 is 11.9 Å². The zero-order valence-corrected chi connectivity index (χ0v) is 17.9. The van der Waals surface area contributed by atoms with Gasteiger partial charge in [-0.1, -0.05) is 19.4 Å². The lowest BCUT2D eigenvalue weighted by molar-refractivity contribution is -0.172. The van der Waals surface area contributed by atoms with E-state index in [1.165, 1.54) is 7.11 Å². The van der Waals surface area contributed by atoms with Crippen LogP contribution in [0.4, 0.5) is 0 Å². The summed E-state index contributed by atoms with van der Waals surface area (Å²) in [6.45, 7) is 4.52. The van der Waals surface area contributed by atoms with Crippen LogP contribution in [0.5, 0.6) is 0 Å². The molecule has 4 aliphatic carbocycles. The Balaban J connectivity index is 1.48. The molecule has 30 heavy (non-hydrogen) atoms. The van der Waals surface area contributed by atoms with E-state index >= 15 is 0 Å². The molecule has 2 aliphatic heterocycles. The second kappa shape index (κ2) is 5.76. The lowest BCUT2D eigenvalue weighted by Crippen LogP contribution is -2.61. The van der Waals surface area contributed by atoms with Gasteiger partial charge in [0.15, 0.2) is 5.78 Å². The predicted molar refractivity (Wildman–Crippen MR) is 105 cm³/mol. The summed E-state index contributed by atoms with van der Waals surface area (Å²) in [4.78, 5) is 37.4. The zero-order chi connectivity index (χ0) is 21.1. The summed E-state index contributed by atoms with van der Waals surface area (Å²) in [5.41, 5.74) is 0.262. The Morgan fingerprint density at radius 3 is 2.67 bits per heavy atom. The van der Waals surface area contributed by atoms with Gasteiger partial charge in [0.05, 0.1) is 25.2 Å². The maximum absolute atomic E-state index is 13.0. The number of hydrogen-bond acceptors (Lipinski definition) is 6. The van der Waals surface area contributed by atoms with Crippen LogP contribution in [0.2, 0.25) is 0 Å². The molecule has 6 aliphatic rings. The third kappa shape index (κ3) is 2.07. The molecular formula is C24H30O6. The van der Waals surface area contributed by atoms with Gasteiger partial charge in [0.25, 0.3) is 0 Å². The summed E-state index contributed by atoms with van der Waals surface area (Å²) in [5.74, 6) is 0.176. The molecule has 3 saturated carbocycles. The van der Waals surface area contributed by atoms with E-state index in [9.17, 15) is 14.4 Å². The molecule has 5 fully saturated rings. The van der Waals surface area contributed by atoms with Crippen molar-refractivity contribution < 1.29 is 28.6 Å². The first kappa shape index (κ1) is 19.0. The molecule has 0 bridgehead atoms. The lowest BCUT2D eigenvalue weighted by Gasteiger charge is -2.58. The van der Waals surface area contributed by atoms with Gasteiger partial charge in [-0.05, 0) is 55.4 Å².